The first-order valence-electron chi connectivity index (χ1n) is 7.44. The zero-order chi connectivity index (χ0) is 17.4. The quantitative estimate of drug-likeness (QED) is 0.932. The van der Waals surface area contributed by atoms with E-state index in [9.17, 15) is 23.5 Å². The number of nitrogens with zero attached hydrogens (tertiary/aromatic N) is 3. The number of aryl methyl sites for hydroxylation is 1. The molecule has 3 rings (SSSR count). The largest absolute Gasteiger partial charge is 0.480 e. The van der Waals surface area contributed by atoms with Crippen molar-refractivity contribution in [2.75, 3.05) is 6.54 Å². The molecule has 1 atom stereocenters. The molecule has 0 aliphatic carbocycles. The summed E-state index contributed by atoms with van der Waals surface area (Å²) in [7, 11) is 0. The Morgan fingerprint density at radius 3 is 2.58 bits per heavy atom. The third-order valence-corrected chi connectivity index (χ3v) is 4.07. The van der Waals surface area contributed by atoms with E-state index in [0.29, 0.717) is 24.9 Å². The maximum atomic E-state index is 13.9. The Morgan fingerprint density at radius 2 is 1.96 bits per heavy atom. The number of hydrogen-bond donors (Lipinski definition) is 1. The minimum atomic E-state index is -1.07. The van der Waals surface area contributed by atoms with Crippen molar-refractivity contribution < 1.29 is 23.5 Å². The lowest BCUT2D eigenvalue weighted by molar-refractivity contribution is -0.141. The number of rotatable bonds is 3. The number of likely N-dealkylation sites (tertiary alicyclic amines) is 1. The second-order valence-corrected chi connectivity index (χ2v) is 5.67. The van der Waals surface area contributed by atoms with Crippen LogP contribution in [0.1, 0.15) is 28.9 Å². The molecule has 24 heavy (non-hydrogen) atoms. The summed E-state index contributed by atoms with van der Waals surface area (Å²) in [5.74, 6) is -3.23. The van der Waals surface area contributed by atoms with Crippen LogP contribution in [0.4, 0.5) is 8.78 Å². The highest BCUT2D eigenvalue weighted by Crippen LogP contribution is 2.23. The predicted molar refractivity (Wildman–Crippen MR) is 79.9 cm³/mol. The highest BCUT2D eigenvalue weighted by atomic mass is 19.1. The van der Waals surface area contributed by atoms with Gasteiger partial charge >= 0.3 is 5.97 Å². The van der Waals surface area contributed by atoms with Gasteiger partial charge in [-0.1, -0.05) is 6.07 Å². The number of para-hydroxylation sites is 1. The lowest BCUT2D eigenvalue weighted by atomic mass is 10.2. The van der Waals surface area contributed by atoms with Gasteiger partial charge in [-0.25, -0.2) is 18.3 Å². The van der Waals surface area contributed by atoms with E-state index in [1.807, 2.05) is 0 Å². The van der Waals surface area contributed by atoms with Gasteiger partial charge in [0.25, 0.3) is 5.91 Å². The fraction of sp³-hybridized carbons (Fsp3) is 0.312. The highest BCUT2D eigenvalue weighted by Gasteiger charge is 2.36. The lowest BCUT2D eigenvalue weighted by Gasteiger charge is -2.20. The summed E-state index contributed by atoms with van der Waals surface area (Å²) in [4.78, 5) is 25.1. The first kappa shape index (κ1) is 16.1. The van der Waals surface area contributed by atoms with Gasteiger partial charge in [-0.05, 0) is 31.9 Å². The van der Waals surface area contributed by atoms with Gasteiger partial charge in [0.05, 0.1) is 0 Å². The van der Waals surface area contributed by atoms with E-state index in [-0.39, 0.29) is 11.4 Å². The molecule has 2 aromatic rings. The standard InChI is InChI=1S/C16H15F2N3O3/c1-9-8-21(14-10(17)4-2-5-11(14)18)19-13(9)15(22)20-7-3-6-12(20)16(23)24/h2,4-5,8,12H,3,6-7H2,1H3,(H,23,24)/t12-/m0/s1. The molecular weight excluding hydrogens is 320 g/mol. The first-order valence-corrected chi connectivity index (χ1v) is 7.44. The number of carbonyl (C=O) groups is 2. The number of halogens is 2. The van der Waals surface area contributed by atoms with Gasteiger partial charge in [0.1, 0.15) is 11.7 Å². The Morgan fingerprint density at radius 1 is 1.29 bits per heavy atom. The molecule has 1 aliphatic heterocycles. The molecule has 1 fully saturated rings. The number of hydrogen-bond acceptors (Lipinski definition) is 3. The molecule has 0 unspecified atom stereocenters. The van der Waals surface area contributed by atoms with Crippen LogP contribution in [-0.4, -0.2) is 44.3 Å². The van der Waals surface area contributed by atoms with Crippen LogP contribution in [0.2, 0.25) is 0 Å². The van der Waals surface area contributed by atoms with E-state index in [1.165, 1.54) is 17.2 Å². The second kappa shape index (κ2) is 6.03. The van der Waals surface area contributed by atoms with Crippen molar-refractivity contribution in [2.45, 2.75) is 25.8 Å². The molecule has 2 heterocycles. The molecule has 0 spiro atoms. The van der Waals surface area contributed by atoms with Crippen LogP contribution in [0, 0.1) is 18.6 Å². The number of benzene rings is 1. The molecule has 0 saturated carbocycles. The van der Waals surface area contributed by atoms with Crippen molar-refractivity contribution in [3.63, 3.8) is 0 Å². The smallest absolute Gasteiger partial charge is 0.326 e. The molecule has 1 aliphatic rings. The molecule has 126 valence electrons. The van der Waals surface area contributed by atoms with Gasteiger partial charge in [0.15, 0.2) is 17.3 Å². The summed E-state index contributed by atoms with van der Waals surface area (Å²) < 4.78 is 28.7. The Bertz CT molecular complexity index is 799. The van der Waals surface area contributed by atoms with Crippen molar-refractivity contribution in [1.82, 2.24) is 14.7 Å². The number of amides is 1. The average Bonchev–Trinajstić information content (AvgIpc) is 3.13. The predicted octanol–water partition coefficient (Wildman–Crippen LogP) is 2.15. The van der Waals surface area contributed by atoms with E-state index in [0.717, 1.165) is 16.8 Å². The van der Waals surface area contributed by atoms with Gasteiger partial charge in [-0.2, -0.15) is 5.10 Å². The van der Waals surface area contributed by atoms with Crippen molar-refractivity contribution >= 4 is 11.9 Å². The summed E-state index contributed by atoms with van der Waals surface area (Å²) in [5.41, 5.74) is 0.0281. The Balaban J connectivity index is 1.98. The fourth-order valence-corrected chi connectivity index (χ4v) is 2.90. The Labute approximate surface area is 136 Å². The molecule has 6 nitrogen and oxygen atoms in total. The van der Waals surface area contributed by atoms with E-state index >= 15 is 0 Å². The average molecular weight is 335 g/mol. The molecule has 1 N–H and O–H groups in total. The molecule has 0 radical (unpaired) electrons. The first-order chi connectivity index (χ1) is 11.4. The summed E-state index contributed by atoms with van der Waals surface area (Å²) in [6.07, 6.45) is 2.31. The van der Waals surface area contributed by atoms with E-state index < -0.39 is 29.6 Å². The topological polar surface area (TPSA) is 75.4 Å². The maximum absolute atomic E-state index is 13.9. The molecule has 0 bridgehead atoms. The number of carboxylic acids is 1. The van der Waals surface area contributed by atoms with Crippen LogP contribution in [0.5, 0.6) is 0 Å². The van der Waals surface area contributed by atoms with Gasteiger partial charge in [-0.3, -0.25) is 4.79 Å². The van der Waals surface area contributed by atoms with Gasteiger partial charge in [0.2, 0.25) is 0 Å². The maximum Gasteiger partial charge on any atom is 0.326 e. The van der Waals surface area contributed by atoms with Crippen LogP contribution in [0.25, 0.3) is 5.69 Å². The zero-order valence-electron chi connectivity index (χ0n) is 12.9. The Kier molecular flexibility index (Phi) is 4.04. The van der Waals surface area contributed by atoms with Crippen molar-refractivity contribution in [3.8, 4) is 5.69 Å². The molecule has 1 aromatic heterocycles. The highest BCUT2D eigenvalue weighted by molar-refractivity contribution is 5.96. The third-order valence-electron chi connectivity index (χ3n) is 4.07. The number of aromatic nitrogens is 2. The van der Waals surface area contributed by atoms with E-state index in [4.69, 9.17) is 0 Å². The normalized spacial score (nSPS) is 17.3. The lowest BCUT2D eigenvalue weighted by Crippen LogP contribution is -2.40. The van der Waals surface area contributed by atoms with E-state index in [2.05, 4.69) is 5.10 Å². The number of carboxylic acid groups (broad SMARTS) is 1. The summed E-state index contributed by atoms with van der Waals surface area (Å²) in [6.45, 7) is 1.90. The van der Waals surface area contributed by atoms with Gasteiger partial charge < -0.3 is 10.0 Å². The molecule has 1 saturated heterocycles. The summed E-state index contributed by atoms with van der Waals surface area (Å²) in [5, 5.41) is 13.2. The SMILES string of the molecule is Cc1cn(-c2c(F)cccc2F)nc1C(=O)N1CCC[C@H]1C(=O)O. The molecule has 8 heteroatoms. The Hall–Kier alpha value is -2.77. The number of aliphatic carboxylic acids is 1. The summed E-state index contributed by atoms with van der Waals surface area (Å²) in [6, 6.07) is 2.53. The van der Waals surface area contributed by atoms with Crippen molar-refractivity contribution in [2.24, 2.45) is 0 Å². The van der Waals surface area contributed by atoms with Crippen LogP contribution >= 0.6 is 0 Å². The van der Waals surface area contributed by atoms with Gasteiger partial charge in [0, 0.05) is 18.3 Å². The van der Waals surface area contributed by atoms with Gasteiger partial charge in [-0.15, -0.1) is 0 Å². The van der Waals surface area contributed by atoms with Crippen molar-refractivity contribution in [1.29, 1.82) is 0 Å². The van der Waals surface area contributed by atoms with Crippen LogP contribution in [-0.2, 0) is 4.79 Å². The minimum absolute atomic E-state index is 0.00852. The fourth-order valence-electron chi connectivity index (χ4n) is 2.90. The second-order valence-electron chi connectivity index (χ2n) is 5.67. The monoisotopic (exact) mass is 335 g/mol. The zero-order valence-corrected chi connectivity index (χ0v) is 12.9. The van der Waals surface area contributed by atoms with E-state index in [1.54, 1.807) is 6.92 Å². The molecule has 1 amide bonds. The number of carbonyl (C=O) groups excluding carboxylic acids is 1. The van der Waals surface area contributed by atoms with Crippen molar-refractivity contribution in [3.05, 3.63) is 47.3 Å². The summed E-state index contributed by atoms with van der Waals surface area (Å²) >= 11 is 0. The van der Waals surface area contributed by atoms with Crippen LogP contribution < -0.4 is 0 Å². The third kappa shape index (κ3) is 2.64. The molecular formula is C16H15F2N3O3. The van der Waals surface area contributed by atoms with Crippen LogP contribution in [0.3, 0.4) is 0 Å². The van der Waals surface area contributed by atoms with Crippen LogP contribution in [0.15, 0.2) is 24.4 Å². The molecule has 1 aromatic carbocycles. The minimum Gasteiger partial charge on any atom is -0.480 e.